The fourth-order valence-electron chi connectivity index (χ4n) is 1.89. The van der Waals surface area contributed by atoms with E-state index >= 15 is 0 Å². The molecule has 104 valence electrons. The van der Waals surface area contributed by atoms with Gasteiger partial charge in [-0.3, -0.25) is 4.79 Å². The van der Waals surface area contributed by atoms with Crippen LogP contribution in [-0.4, -0.2) is 36.9 Å². The van der Waals surface area contributed by atoms with E-state index < -0.39 is 5.60 Å². The molecule has 2 rings (SSSR count). The SMILES string of the molecule is CN(C(=O)C(C)(C)O)c1ccc2c(c1)OCCCO2. The molecule has 1 N–H and O–H groups in total. The molecule has 1 heterocycles. The first-order chi connectivity index (χ1) is 8.89. The molecule has 1 aliphatic rings. The van der Waals surface area contributed by atoms with Crippen molar-refractivity contribution in [3.05, 3.63) is 18.2 Å². The van der Waals surface area contributed by atoms with Crippen LogP contribution >= 0.6 is 0 Å². The number of carbonyl (C=O) groups is 1. The van der Waals surface area contributed by atoms with Gasteiger partial charge in [0.25, 0.3) is 5.91 Å². The third-order valence-corrected chi connectivity index (χ3v) is 2.95. The highest BCUT2D eigenvalue weighted by Crippen LogP contribution is 2.33. The van der Waals surface area contributed by atoms with Crippen molar-refractivity contribution in [2.24, 2.45) is 0 Å². The number of rotatable bonds is 2. The standard InChI is InChI=1S/C14H19NO4/c1-14(2,17)13(16)15(3)10-5-6-11-12(9-10)19-8-4-7-18-11/h5-6,9,17H,4,7-8H2,1-3H3. The van der Waals surface area contributed by atoms with Gasteiger partial charge in [-0.2, -0.15) is 0 Å². The smallest absolute Gasteiger partial charge is 0.258 e. The number of carbonyl (C=O) groups excluding carboxylic acids is 1. The van der Waals surface area contributed by atoms with Crippen LogP contribution in [0.5, 0.6) is 11.5 Å². The van der Waals surface area contributed by atoms with Crippen LogP contribution in [0.3, 0.4) is 0 Å². The second-order valence-corrected chi connectivity index (χ2v) is 5.10. The number of ether oxygens (including phenoxy) is 2. The molecule has 0 atom stereocenters. The van der Waals surface area contributed by atoms with Gasteiger partial charge in [0.2, 0.25) is 0 Å². The number of amides is 1. The monoisotopic (exact) mass is 265 g/mol. The number of nitrogens with zero attached hydrogens (tertiary/aromatic N) is 1. The summed E-state index contributed by atoms with van der Waals surface area (Å²) >= 11 is 0. The van der Waals surface area contributed by atoms with Gasteiger partial charge in [0, 0.05) is 25.2 Å². The van der Waals surface area contributed by atoms with Crippen LogP contribution in [-0.2, 0) is 4.79 Å². The molecule has 0 spiro atoms. The fourth-order valence-corrected chi connectivity index (χ4v) is 1.89. The van der Waals surface area contributed by atoms with E-state index in [1.807, 2.05) is 0 Å². The van der Waals surface area contributed by atoms with Crippen LogP contribution in [0.15, 0.2) is 18.2 Å². The molecular formula is C14H19NO4. The molecule has 0 saturated carbocycles. The number of benzene rings is 1. The van der Waals surface area contributed by atoms with E-state index in [-0.39, 0.29) is 5.91 Å². The maximum absolute atomic E-state index is 12.0. The number of likely N-dealkylation sites (N-methyl/N-ethyl adjacent to an activating group) is 1. The van der Waals surface area contributed by atoms with Gasteiger partial charge in [0.15, 0.2) is 11.5 Å². The first-order valence-corrected chi connectivity index (χ1v) is 6.30. The molecule has 0 aromatic heterocycles. The molecule has 1 aromatic rings. The third-order valence-electron chi connectivity index (χ3n) is 2.95. The highest BCUT2D eigenvalue weighted by molar-refractivity contribution is 5.98. The summed E-state index contributed by atoms with van der Waals surface area (Å²) in [6.45, 7) is 4.16. The second kappa shape index (κ2) is 5.09. The number of fused-ring (bicyclic) bond motifs is 1. The summed E-state index contributed by atoms with van der Waals surface area (Å²) < 4.78 is 11.1. The lowest BCUT2D eigenvalue weighted by Crippen LogP contribution is -2.43. The molecule has 0 bridgehead atoms. The van der Waals surface area contributed by atoms with E-state index in [4.69, 9.17) is 9.47 Å². The lowest BCUT2D eigenvalue weighted by molar-refractivity contribution is -0.133. The quantitative estimate of drug-likeness (QED) is 0.882. The minimum atomic E-state index is -1.40. The number of aliphatic hydroxyl groups is 1. The van der Waals surface area contributed by atoms with Crippen molar-refractivity contribution < 1.29 is 19.4 Å². The van der Waals surface area contributed by atoms with Crippen molar-refractivity contribution in [3.8, 4) is 11.5 Å². The molecule has 5 heteroatoms. The molecule has 0 saturated heterocycles. The van der Waals surface area contributed by atoms with E-state index in [1.165, 1.54) is 18.7 Å². The van der Waals surface area contributed by atoms with Crippen LogP contribution < -0.4 is 14.4 Å². The van der Waals surface area contributed by atoms with Crippen LogP contribution in [0.4, 0.5) is 5.69 Å². The molecule has 19 heavy (non-hydrogen) atoms. The summed E-state index contributed by atoms with van der Waals surface area (Å²) in [6, 6.07) is 5.31. The molecule has 1 amide bonds. The molecule has 5 nitrogen and oxygen atoms in total. The predicted octanol–water partition coefficient (Wildman–Crippen LogP) is 1.58. The van der Waals surface area contributed by atoms with E-state index in [1.54, 1.807) is 25.2 Å². The van der Waals surface area contributed by atoms with Gasteiger partial charge in [-0.1, -0.05) is 0 Å². The molecule has 1 aromatic carbocycles. The highest BCUT2D eigenvalue weighted by Gasteiger charge is 2.28. The first kappa shape index (κ1) is 13.7. The van der Waals surface area contributed by atoms with Crippen molar-refractivity contribution in [3.63, 3.8) is 0 Å². The Bertz CT molecular complexity index is 479. The Balaban J connectivity index is 2.26. The Morgan fingerprint density at radius 2 is 1.89 bits per heavy atom. The molecule has 0 unspecified atom stereocenters. The van der Waals surface area contributed by atoms with Gasteiger partial charge >= 0.3 is 0 Å². The Hall–Kier alpha value is -1.75. The summed E-state index contributed by atoms with van der Waals surface area (Å²) in [5.41, 5.74) is -0.741. The van der Waals surface area contributed by atoms with Crippen molar-refractivity contribution in [2.75, 3.05) is 25.2 Å². The summed E-state index contributed by atoms with van der Waals surface area (Å²) in [4.78, 5) is 13.4. The summed E-state index contributed by atoms with van der Waals surface area (Å²) in [5.74, 6) is 0.942. The van der Waals surface area contributed by atoms with Crippen LogP contribution in [0.2, 0.25) is 0 Å². The van der Waals surface area contributed by atoms with Gasteiger partial charge < -0.3 is 19.5 Å². The maximum Gasteiger partial charge on any atom is 0.258 e. The Morgan fingerprint density at radius 3 is 2.53 bits per heavy atom. The predicted molar refractivity (Wildman–Crippen MR) is 71.8 cm³/mol. The van der Waals surface area contributed by atoms with Gasteiger partial charge in [-0.05, 0) is 26.0 Å². The third kappa shape index (κ3) is 2.98. The Kier molecular flexibility index (Phi) is 3.66. The average Bonchev–Trinajstić information content (AvgIpc) is 2.60. The topological polar surface area (TPSA) is 59.0 Å². The minimum Gasteiger partial charge on any atom is -0.490 e. The fraction of sp³-hybridized carbons (Fsp3) is 0.500. The zero-order valence-corrected chi connectivity index (χ0v) is 11.5. The Morgan fingerprint density at radius 1 is 1.26 bits per heavy atom. The van der Waals surface area contributed by atoms with Crippen LogP contribution in [0.1, 0.15) is 20.3 Å². The first-order valence-electron chi connectivity index (χ1n) is 6.30. The van der Waals surface area contributed by atoms with Gasteiger partial charge in [0.05, 0.1) is 13.2 Å². The van der Waals surface area contributed by atoms with Crippen molar-refractivity contribution in [1.82, 2.24) is 0 Å². The zero-order valence-electron chi connectivity index (χ0n) is 11.5. The highest BCUT2D eigenvalue weighted by atomic mass is 16.5. The molecule has 0 fully saturated rings. The number of hydrogen-bond acceptors (Lipinski definition) is 4. The molecule has 0 radical (unpaired) electrons. The minimum absolute atomic E-state index is 0.373. The average molecular weight is 265 g/mol. The van der Waals surface area contributed by atoms with Crippen LogP contribution in [0, 0.1) is 0 Å². The van der Waals surface area contributed by atoms with Crippen molar-refractivity contribution in [2.45, 2.75) is 25.9 Å². The normalized spacial score (nSPS) is 14.7. The van der Waals surface area contributed by atoms with Gasteiger partial charge in [-0.25, -0.2) is 0 Å². The summed E-state index contributed by atoms with van der Waals surface area (Å²) in [7, 11) is 1.62. The van der Waals surface area contributed by atoms with E-state index in [2.05, 4.69) is 0 Å². The summed E-state index contributed by atoms with van der Waals surface area (Å²) in [5, 5.41) is 9.75. The molecular weight excluding hydrogens is 246 g/mol. The van der Waals surface area contributed by atoms with E-state index in [9.17, 15) is 9.90 Å². The second-order valence-electron chi connectivity index (χ2n) is 5.10. The number of hydrogen-bond donors (Lipinski definition) is 1. The lowest BCUT2D eigenvalue weighted by Gasteiger charge is -2.25. The number of anilines is 1. The lowest BCUT2D eigenvalue weighted by atomic mass is 10.1. The Labute approximate surface area is 112 Å². The van der Waals surface area contributed by atoms with Crippen LogP contribution in [0.25, 0.3) is 0 Å². The maximum atomic E-state index is 12.0. The van der Waals surface area contributed by atoms with Gasteiger partial charge in [0.1, 0.15) is 5.60 Å². The molecule has 1 aliphatic heterocycles. The van der Waals surface area contributed by atoms with Crippen molar-refractivity contribution >= 4 is 11.6 Å². The summed E-state index contributed by atoms with van der Waals surface area (Å²) in [6.07, 6.45) is 0.836. The molecule has 0 aliphatic carbocycles. The van der Waals surface area contributed by atoms with Gasteiger partial charge in [-0.15, -0.1) is 0 Å². The largest absolute Gasteiger partial charge is 0.490 e. The van der Waals surface area contributed by atoms with E-state index in [0.717, 1.165) is 6.42 Å². The zero-order chi connectivity index (χ0) is 14.0. The van der Waals surface area contributed by atoms with E-state index in [0.29, 0.717) is 30.4 Å². The van der Waals surface area contributed by atoms with Crippen molar-refractivity contribution in [1.29, 1.82) is 0 Å².